The smallest absolute Gasteiger partial charge is 0.275 e. The summed E-state index contributed by atoms with van der Waals surface area (Å²) in [5.41, 5.74) is 1.08. The first kappa shape index (κ1) is 12.8. The van der Waals surface area contributed by atoms with Gasteiger partial charge in [0.2, 0.25) is 5.91 Å². The van der Waals surface area contributed by atoms with Crippen LogP contribution in [0.2, 0.25) is 0 Å². The van der Waals surface area contributed by atoms with Crippen molar-refractivity contribution >= 4 is 22.9 Å². The van der Waals surface area contributed by atoms with E-state index in [0.717, 1.165) is 17.3 Å². The van der Waals surface area contributed by atoms with Crippen LogP contribution < -0.4 is 0 Å². The fourth-order valence-corrected chi connectivity index (χ4v) is 2.17. The number of thioether (sulfide) groups is 1. The van der Waals surface area contributed by atoms with Crippen LogP contribution in [0.1, 0.15) is 19.4 Å². The number of imide groups is 1. The van der Waals surface area contributed by atoms with Gasteiger partial charge in [-0.2, -0.15) is 0 Å². The molecule has 16 heavy (non-hydrogen) atoms. The maximum atomic E-state index is 11.7. The first-order chi connectivity index (χ1) is 7.65. The first-order valence-corrected chi connectivity index (χ1v) is 6.12. The zero-order valence-corrected chi connectivity index (χ0v) is 10.3. The van der Waals surface area contributed by atoms with E-state index in [1.807, 2.05) is 30.3 Å². The van der Waals surface area contributed by atoms with Crippen molar-refractivity contribution in [2.45, 2.75) is 19.6 Å². The van der Waals surface area contributed by atoms with Crippen LogP contribution in [-0.4, -0.2) is 22.6 Å². The van der Waals surface area contributed by atoms with Crippen molar-refractivity contribution in [3.05, 3.63) is 35.9 Å². The van der Waals surface area contributed by atoms with Gasteiger partial charge in [-0.3, -0.25) is 14.5 Å². The van der Waals surface area contributed by atoms with E-state index in [1.165, 1.54) is 11.8 Å². The average Bonchev–Trinajstić information content (AvgIpc) is 2.28. The van der Waals surface area contributed by atoms with Crippen LogP contribution in [0, 0.1) is 0 Å². The van der Waals surface area contributed by atoms with E-state index in [2.05, 4.69) is 0 Å². The van der Waals surface area contributed by atoms with Crippen molar-refractivity contribution in [3.8, 4) is 0 Å². The van der Waals surface area contributed by atoms with Gasteiger partial charge in [-0.1, -0.05) is 42.1 Å². The summed E-state index contributed by atoms with van der Waals surface area (Å²) in [5.74, 6) is 0.400. The maximum absolute atomic E-state index is 11.7. The molecular formula is C12H15NO2S. The number of hydrogen-bond acceptors (Lipinski definition) is 3. The quantitative estimate of drug-likeness (QED) is 0.811. The molecule has 0 radical (unpaired) electrons. The zero-order chi connectivity index (χ0) is 12.0. The Kier molecular flexibility index (Phi) is 5.05. The summed E-state index contributed by atoms with van der Waals surface area (Å²) in [4.78, 5) is 24.0. The Balaban J connectivity index is 2.49. The molecule has 3 nitrogen and oxygen atoms in total. The van der Waals surface area contributed by atoms with Gasteiger partial charge in [0.25, 0.3) is 5.24 Å². The molecule has 0 unspecified atom stereocenters. The van der Waals surface area contributed by atoms with E-state index in [1.54, 1.807) is 6.92 Å². The molecule has 0 atom stereocenters. The normalized spacial score (nSPS) is 9.88. The molecule has 4 heteroatoms. The summed E-state index contributed by atoms with van der Waals surface area (Å²) in [6, 6.07) is 9.73. The summed E-state index contributed by atoms with van der Waals surface area (Å²) in [7, 11) is 0. The average molecular weight is 237 g/mol. The van der Waals surface area contributed by atoms with Crippen LogP contribution in [0.5, 0.6) is 0 Å². The second kappa shape index (κ2) is 6.33. The second-order valence-corrected chi connectivity index (χ2v) is 4.23. The van der Waals surface area contributed by atoms with Gasteiger partial charge in [-0.15, -0.1) is 0 Å². The van der Waals surface area contributed by atoms with Gasteiger partial charge in [0.15, 0.2) is 0 Å². The summed E-state index contributed by atoms with van der Waals surface area (Å²) in [6.07, 6.45) is 0. The standard InChI is InChI=1S/C12H15NO2S/c1-3-13(10(2)14)12(15)16-9-11-7-5-4-6-8-11/h4-8H,3,9H2,1-2H3. The van der Waals surface area contributed by atoms with E-state index in [9.17, 15) is 9.59 Å². The Morgan fingerprint density at radius 3 is 2.38 bits per heavy atom. The largest absolute Gasteiger partial charge is 0.288 e. The highest BCUT2D eigenvalue weighted by molar-refractivity contribution is 8.12. The highest BCUT2D eigenvalue weighted by atomic mass is 32.2. The van der Waals surface area contributed by atoms with Gasteiger partial charge in [0.05, 0.1) is 0 Å². The number of hydrogen-bond donors (Lipinski definition) is 0. The molecule has 86 valence electrons. The predicted molar refractivity (Wildman–Crippen MR) is 66.2 cm³/mol. The third kappa shape index (κ3) is 3.70. The first-order valence-electron chi connectivity index (χ1n) is 5.14. The molecule has 1 rings (SSSR count). The Hall–Kier alpha value is -1.29. The van der Waals surface area contributed by atoms with Crippen molar-refractivity contribution in [1.29, 1.82) is 0 Å². The Morgan fingerprint density at radius 2 is 1.88 bits per heavy atom. The number of benzene rings is 1. The lowest BCUT2D eigenvalue weighted by Crippen LogP contribution is -2.31. The summed E-state index contributed by atoms with van der Waals surface area (Å²) in [5, 5.41) is -0.182. The molecule has 0 fully saturated rings. The molecule has 0 aliphatic carbocycles. The highest BCUT2D eigenvalue weighted by Gasteiger charge is 2.15. The highest BCUT2D eigenvalue weighted by Crippen LogP contribution is 2.15. The number of nitrogens with zero attached hydrogens (tertiary/aromatic N) is 1. The third-order valence-corrected chi connectivity index (χ3v) is 3.07. The minimum Gasteiger partial charge on any atom is -0.275 e. The number of carbonyl (C=O) groups excluding carboxylic acids is 2. The Morgan fingerprint density at radius 1 is 1.25 bits per heavy atom. The molecule has 0 bridgehead atoms. The van der Waals surface area contributed by atoms with Gasteiger partial charge in [0, 0.05) is 19.2 Å². The second-order valence-electron chi connectivity index (χ2n) is 3.30. The lowest BCUT2D eigenvalue weighted by atomic mass is 10.2. The monoisotopic (exact) mass is 237 g/mol. The van der Waals surface area contributed by atoms with Gasteiger partial charge in [0.1, 0.15) is 0 Å². The fourth-order valence-electron chi connectivity index (χ4n) is 1.28. The molecule has 0 heterocycles. The van der Waals surface area contributed by atoms with Crippen molar-refractivity contribution < 1.29 is 9.59 Å². The molecule has 1 aromatic carbocycles. The van der Waals surface area contributed by atoms with Gasteiger partial charge >= 0.3 is 0 Å². The van der Waals surface area contributed by atoms with Crippen LogP contribution in [0.3, 0.4) is 0 Å². The molecule has 0 spiro atoms. The lowest BCUT2D eigenvalue weighted by Gasteiger charge is -2.15. The lowest BCUT2D eigenvalue weighted by molar-refractivity contribution is -0.125. The number of carbonyl (C=O) groups is 2. The van der Waals surface area contributed by atoms with Crippen molar-refractivity contribution in [2.75, 3.05) is 6.54 Å². The van der Waals surface area contributed by atoms with E-state index in [-0.39, 0.29) is 11.1 Å². The molecule has 0 aliphatic heterocycles. The minimum atomic E-state index is -0.201. The van der Waals surface area contributed by atoms with E-state index in [0.29, 0.717) is 12.3 Å². The third-order valence-electron chi connectivity index (χ3n) is 2.12. The van der Waals surface area contributed by atoms with E-state index in [4.69, 9.17) is 0 Å². The van der Waals surface area contributed by atoms with Crippen LogP contribution in [0.4, 0.5) is 4.79 Å². The number of rotatable bonds is 3. The van der Waals surface area contributed by atoms with Crippen LogP contribution in [0.25, 0.3) is 0 Å². The van der Waals surface area contributed by atoms with Crippen LogP contribution >= 0.6 is 11.8 Å². The molecule has 1 aromatic rings. The summed E-state index contributed by atoms with van der Waals surface area (Å²) < 4.78 is 0. The molecule has 0 N–H and O–H groups in total. The minimum absolute atomic E-state index is 0.182. The summed E-state index contributed by atoms with van der Waals surface area (Å²) in [6.45, 7) is 3.63. The molecule has 0 saturated heterocycles. The van der Waals surface area contributed by atoms with Crippen molar-refractivity contribution in [1.82, 2.24) is 4.90 Å². The summed E-state index contributed by atoms with van der Waals surface area (Å²) >= 11 is 1.16. The molecule has 0 aromatic heterocycles. The molecular weight excluding hydrogens is 222 g/mol. The van der Waals surface area contributed by atoms with E-state index >= 15 is 0 Å². The Bertz CT molecular complexity index is 365. The molecule has 2 amide bonds. The van der Waals surface area contributed by atoms with Crippen molar-refractivity contribution in [3.63, 3.8) is 0 Å². The molecule has 0 saturated carbocycles. The molecule has 0 aliphatic rings. The van der Waals surface area contributed by atoms with E-state index < -0.39 is 0 Å². The number of amides is 2. The Labute approximate surface area is 99.8 Å². The van der Waals surface area contributed by atoms with Crippen molar-refractivity contribution in [2.24, 2.45) is 0 Å². The van der Waals surface area contributed by atoms with Gasteiger partial charge in [-0.05, 0) is 12.5 Å². The predicted octanol–water partition coefficient (Wildman–Crippen LogP) is 2.91. The topological polar surface area (TPSA) is 37.4 Å². The maximum Gasteiger partial charge on any atom is 0.288 e. The fraction of sp³-hybridized carbons (Fsp3) is 0.333. The van der Waals surface area contributed by atoms with Gasteiger partial charge in [-0.25, -0.2) is 0 Å². The van der Waals surface area contributed by atoms with Crippen LogP contribution in [-0.2, 0) is 10.5 Å². The zero-order valence-electron chi connectivity index (χ0n) is 9.47. The van der Waals surface area contributed by atoms with Gasteiger partial charge < -0.3 is 0 Å². The van der Waals surface area contributed by atoms with Crippen LogP contribution in [0.15, 0.2) is 30.3 Å². The SMILES string of the molecule is CCN(C(C)=O)C(=O)SCc1ccccc1.